The lowest BCUT2D eigenvalue weighted by atomic mass is 10.2. The van der Waals surface area contributed by atoms with E-state index >= 15 is 0 Å². The van der Waals surface area contributed by atoms with Crippen LogP contribution in [0, 0.1) is 13.8 Å². The van der Waals surface area contributed by atoms with Gasteiger partial charge in [0.1, 0.15) is 4.88 Å². The van der Waals surface area contributed by atoms with Gasteiger partial charge in [-0.1, -0.05) is 0 Å². The number of hydrogen-bond acceptors (Lipinski definition) is 5. The number of aromatic nitrogens is 1. The van der Waals surface area contributed by atoms with Crippen LogP contribution in [0.25, 0.3) is 10.1 Å². The third-order valence-electron chi connectivity index (χ3n) is 2.65. The van der Waals surface area contributed by atoms with Gasteiger partial charge in [-0.15, -0.1) is 11.3 Å². The molecular weight excluding hydrogens is 248 g/mol. The predicted molar refractivity (Wildman–Crippen MR) is 74.9 cm³/mol. The van der Waals surface area contributed by atoms with E-state index in [4.69, 9.17) is 11.5 Å². The summed E-state index contributed by atoms with van der Waals surface area (Å²) in [7, 11) is 0. The first-order valence-corrected chi connectivity index (χ1v) is 6.50. The molecule has 2 rings (SSSR count). The molecule has 2 aromatic rings. The number of nitrogens with one attached hydrogen (secondary N) is 1. The van der Waals surface area contributed by atoms with E-state index in [-0.39, 0.29) is 5.91 Å². The van der Waals surface area contributed by atoms with E-state index in [2.05, 4.69) is 10.3 Å². The second kappa shape index (κ2) is 4.91. The van der Waals surface area contributed by atoms with E-state index in [9.17, 15) is 4.79 Å². The average molecular weight is 264 g/mol. The third kappa shape index (κ3) is 2.16. The second-order valence-corrected chi connectivity index (χ2v) is 5.16. The SMILES string of the molecule is Cc1cc2sc(C(=O)NCCN)c(N)c2c(C)n1. The number of rotatable bonds is 3. The number of pyridine rings is 1. The molecule has 0 fully saturated rings. The summed E-state index contributed by atoms with van der Waals surface area (Å²) in [6, 6.07) is 1.95. The van der Waals surface area contributed by atoms with Gasteiger partial charge in [-0.3, -0.25) is 9.78 Å². The van der Waals surface area contributed by atoms with E-state index in [1.54, 1.807) is 0 Å². The van der Waals surface area contributed by atoms with Crippen LogP contribution in [0.5, 0.6) is 0 Å². The van der Waals surface area contributed by atoms with Crippen molar-refractivity contribution < 1.29 is 4.79 Å². The Labute approximate surface area is 109 Å². The summed E-state index contributed by atoms with van der Waals surface area (Å²) < 4.78 is 0.996. The molecule has 0 aromatic carbocycles. The molecule has 0 radical (unpaired) electrons. The highest BCUT2D eigenvalue weighted by Gasteiger charge is 2.17. The quantitative estimate of drug-likeness (QED) is 0.776. The number of thiophene rings is 1. The van der Waals surface area contributed by atoms with Gasteiger partial charge < -0.3 is 16.8 Å². The van der Waals surface area contributed by atoms with Crippen molar-refractivity contribution in [3.63, 3.8) is 0 Å². The molecule has 0 spiro atoms. The Morgan fingerprint density at radius 1 is 1.50 bits per heavy atom. The molecule has 2 aromatic heterocycles. The van der Waals surface area contributed by atoms with Crippen LogP contribution in [0.4, 0.5) is 5.69 Å². The highest BCUT2D eigenvalue weighted by atomic mass is 32.1. The number of aryl methyl sites for hydroxylation is 2. The molecule has 0 aliphatic carbocycles. The van der Waals surface area contributed by atoms with Crippen molar-refractivity contribution in [1.29, 1.82) is 0 Å². The highest BCUT2D eigenvalue weighted by molar-refractivity contribution is 7.21. The van der Waals surface area contributed by atoms with Crippen molar-refractivity contribution in [2.45, 2.75) is 13.8 Å². The molecule has 0 saturated heterocycles. The van der Waals surface area contributed by atoms with Gasteiger partial charge in [0.2, 0.25) is 0 Å². The number of carbonyl (C=O) groups is 1. The number of nitrogen functional groups attached to an aromatic ring is 1. The van der Waals surface area contributed by atoms with E-state index < -0.39 is 0 Å². The summed E-state index contributed by atoms with van der Waals surface area (Å²) in [6.07, 6.45) is 0. The monoisotopic (exact) mass is 264 g/mol. The first-order chi connectivity index (χ1) is 8.54. The molecular formula is C12H16N4OS. The zero-order valence-corrected chi connectivity index (χ0v) is 11.2. The molecule has 0 aliphatic rings. The molecule has 6 heteroatoms. The molecule has 0 unspecified atom stereocenters. The fourth-order valence-electron chi connectivity index (χ4n) is 1.91. The average Bonchev–Trinajstić information content (AvgIpc) is 2.63. The van der Waals surface area contributed by atoms with Gasteiger partial charge >= 0.3 is 0 Å². The molecule has 2 heterocycles. The molecule has 1 amide bonds. The molecule has 0 saturated carbocycles. The van der Waals surface area contributed by atoms with Crippen molar-refractivity contribution >= 4 is 33.0 Å². The maximum absolute atomic E-state index is 11.9. The van der Waals surface area contributed by atoms with E-state index in [0.29, 0.717) is 23.7 Å². The topological polar surface area (TPSA) is 94.0 Å². The van der Waals surface area contributed by atoms with Crippen molar-refractivity contribution in [3.05, 3.63) is 22.3 Å². The lowest BCUT2D eigenvalue weighted by Crippen LogP contribution is -2.28. The van der Waals surface area contributed by atoms with Gasteiger partial charge in [-0.05, 0) is 19.9 Å². The Bertz CT molecular complexity index is 606. The summed E-state index contributed by atoms with van der Waals surface area (Å²) in [4.78, 5) is 16.8. The van der Waals surface area contributed by atoms with Gasteiger partial charge in [0.15, 0.2) is 0 Å². The Kier molecular flexibility index (Phi) is 3.49. The standard InChI is InChI=1S/C12H16N4OS/c1-6-5-8-9(7(2)16-6)10(14)11(18-8)12(17)15-4-3-13/h5H,3-4,13-14H2,1-2H3,(H,15,17). The van der Waals surface area contributed by atoms with Crippen LogP contribution in [-0.2, 0) is 0 Å². The minimum absolute atomic E-state index is 0.170. The zero-order valence-electron chi connectivity index (χ0n) is 10.4. The van der Waals surface area contributed by atoms with Crippen molar-refractivity contribution in [2.24, 2.45) is 5.73 Å². The fourth-order valence-corrected chi connectivity index (χ4v) is 3.10. The molecule has 5 N–H and O–H groups in total. The molecule has 18 heavy (non-hydrogen) atoms. The van der Waals surface area contributed by atoms with Crippen molar-refractivity contribution in [3.8, 4) is 0 Å². The number of amides is 1. The van der Waals surface area contributed by atoms with Gasteiger partial charge in [-0.2, -0.15) is 0 Å². The van der Waals surface area contributed by atoms with E-state index in [0.717, 1.165) is 21.5 Å². The lowest BCUT2D eigenvalue weighted by Gasteiger charge is -2.02. The number of fused-ring (bicyclic) bond motifs is 1. The Balaban J connectivity index is 2.50. The fraction of sp³-hybridized carbons (Fsp3) is 0.333. The first kappa shape index (κ1) is 12.8. The number of carbonyl (C=O) groups excluding carboxylic acids is 1. The van der Waals surface area contributed by atoms with Gasteiger partial charge in [0, 0.05) is 34.6 Å². The highest BCUT2D eigenvalue weighted by Crippen LogP contribution is 2.35. The van der Waals surface area contributed by atoms with Crippen molar-refractivity contribution in [1.82, 2.24) is 10.3 Å². The molecule has 0 aliphatic heterocycles. The Morgan fingerprint density at radius 2 is 2.22 bits per heavy atom. The summed E-state index contributed by atoms with van der Waals surface area (Å²) in [5.74, 6) is -0.170. The zero-order chi connectivity index (χ0) is 13.3. The summed E-state index contributed by atoms with van der Waals surface area (Å²) in [5, 5.41) is 3.61. The summed E-state index contributed by atoms with van der Waals surface area (Å²) in [6.45, 7) is 4.69. The molecule has 0 bridgehead atoms. The molecule has 5 nitrogen and oxygen atoms in total. The second-order valence-electron chi connectivity index (χ2n) is 4.11. The largest absolute Gasteiger partial charge is 0.397 e. The maximum atomic E-state index is 11.9. The normalized spacial score (nSPS) is 10.8. The van der Waals surface area contributed by atoms with Crippen LogP contribution in [-0.4, -0.2) is 24.0 Å². The minimum Gasteiger partial charge on any atom is -0.397 e. The lowest BCUT2D eigenvalue weighted by molar-refractivity contribution is 0.0959. The number of nitrogens with two attached hydrogens (primary N) is 2. The van der Waals surface area contributed by atoms with Crippen LogP contribution < -0.4 is 16.8 Å². The van der Waals surface area contributed by atoms with Crippen LogP contribution in [0.15, 0.2) is 6.07 Å². The molecule has 0 atom stereocenters. The first-order valence-electron chi connectivity index (χ1n) is 5.69. The Hall–Kier alpha value is -1.66. The minimum atomic E-state index is -0.170. The third-order valence-corrected chi connectivity index (χ3v) is 3.81. The number of hydrogen-bond donors (Lipinski definition) is 3. The smallest absolute Gasteiger partial charge is 0.263 e. The van der Waals surface area contributed by atoms with Crippen LogP contribution >= 0.6 is 11.3 Å². The van der Waals surface area contributed by atoms with Gasteiger partial charge in [0.25, 0.3) is 5.91 Å². The molecule has 96 valence electrons. The van der Waals surface area contributed by atoms with Crippen molar-refractivity contribution in [2.75, 3.05) is 18.8 Å². The maximum Gasteiger partial charge on any atom is 0.263 e. The Morgan fingerprint density at radius 3 is 2.89 bits per heavy atom. The van der Waals surface area contributed by atoms with Gasteiger partial charge in [-0.25, -0.2) is 0 Å². The van der Waals surface area contributed by atoms with E-state index in [1.807, 2.05) is 19.9 Å². The van der Waals surface area contributed by atoms with Crippen LogP contribution in [0.1, 0.15) is 21.1 Å². The van der Waals surface area contributed by atoms with Gasteiger partial charge in [0.05, 0.1) is 5.69 Å². The predicted octanol–water partition coefficient (Wildman–Crippen LogP) is 1.18. The summed E-state index contributed by atoms with van der Waals surface area (Å²) in [5.41, 5.74) is 13.7. The van der Waals surface area contributed by atoms with E-state index in [1.165, 1.54) is 11.3 Å². The number of anilines is 1. The number of nitrogens with zero attached hydrogens (tertiary/aromatic N) is 1. The van der Waals surface area contributed by atoms with Crippen LogP contribution in [0.2, 0.25) is 0 Å². The van der Waals surface area contributed by atoms with Crippen LogP contribution in [0.3, 0.4) is 0 Å². The summed E-state index contributed by atoms with van der Waals surface area (Å²) >= 11 is 1.39.